The van der Waals surface area contributed by atoms with Crippen LogP contribution in [0.2, 0.25) is 5.15 Å². The number of nitrogens with two attached hydrogens (primary N) is 1. The molecule has 2 amide bonds. The van der Waals surface area contributed by atoms with E-state index in [0.717, 1.165) is 23.4 Å². The van der Waals surface area contributed by atoms with Crippen molar-refractivity contribution in [3.63, 3.8) is 0 Å². The van der Waals surface area contributed by atoms with Gasteiger partial charge >= 0.3 is 0 Å². The van der Waals surface area contributed by atoms with E-state index in [0.29, 0.717) is 25.2 Å². The average Bonchev–Trinajstić information content (AvgIpc) is 3.19. The zero-order valence-corrected chi connectivity index (χ0v) is 22.1. The van der Waals surface area contributed by atoms with E-state index in [9.17, 15) is 9.59 Å². The Hall–Kier alpha value is -3.24. The van der Waals surface area contributed by atoms with Crippen molar-refractivity contribution >= 4 is 40.3 Å². The normalized spacial score (nSPS) is 10.6. The molecule has 190 valence electrons. The highest BCUT2D eigenvalue weighted by Gasteiger charge is 2.26. The topological polar surface area (TPSA) is 122 Å². The minimum atomic E-state index is -0.458. The van der Waals surface area contributed by atoms with Crippen molar-refractivity contribution in [1.29, 1.82) is 0 Å². The van der Waals surface area contributed by atoms with E-state index in [-0.39, 0.29) is 29.1 Å². The van der Waals surface area contributed by atoms with Gasteiger partial charge in [0.1, 0.15) is 11.7 Å². The summed E-state index contributed by atoms with van der Waals surface area (Å²) in [5.41, 5.74) is 8.31. The lowest BCUT2D eigenvalue weighted by Crippen LogP contribution is -2.40. The molecule has 2 heterocycles. The molecule has 3 aromatic rings. The van der Waals surface area contributed by atoms with Gasteiger partial charge < -0.3 is 21.3 Å². The van der Waals surface area contributed by atoms with Crippen molar-refractivity contribution in [2.45, 2.75) is 47.3 Å². The van der Waals surface area contributed by atoms with Crippen LogP contribution in [-0.4, -0.2) is 58.4 Å². The zero-order chi connectivity index (χ0) is 26.1. The highest BCUT2D eigenvalue weighted by Crippen LogP contribution is 2.19. The first-order valence-corrected chi connectivity index (χ1v) is 12.2. The van der Waals surface area contributed by atoms with Crippen molar-refractivity contribution in [1.82, 2.24) is 30.1 Å². The Morgan fingerprint density at radius 1 is 1.26 bits per heavy atom. The molecule has 4 N–H and O–H groups in total. The van der Waals surface area contributed by atoms with Crippen LogP contribution in [0, 0.1) is 0 Å². The molecule has 3 rings (SSSR count). The second kappa shape index (κ2) is 13.0. The molecule has 10 nitrogen and oxygen atoms in total. The third-order valence-electron chi connectivity index (χ3n) is 5.50. The first-order valence-electron chi connectivity index (χ1n) is 11.8. The predicted molar refractivity (Wildman–Crippen MR) is 138 cm³/mol. The smallest absolute Gasteiger partial charge is 0.277 e. The van der Waals surface area contributed by atoms with E-state index in [2.05, 4.69) is 29.7 Å². The molecule has 11 heteroatoms. The molecule has 0 saturated heterocycles. The van der Waals surface area contributed by atoms with Crippen LogP contribution in [0.5, 0.6) is 0 Å². The van der Waals surface area contributed by atoms with E-state index in [1.807, 2.05) is 52.9 Å². The Labute approximate surface area is 211 Å². The minimum Gasteiger partial charge on any atom is -0.382 e. The number of nitrogens with zero attached hydrogens (tertiary/aromatic N) is 5. The maximum absolute atomic E-state index is 12.9. The van der Waals surface area contributed by atoms with Crippen LogP contribution in [0.4, 0.5) is 5.82 Å². The van der Waals surface area contributed by atoms with Crippen molar-refractivity contribution in [3.05, 3.63) is 46.6 Å². The number of nitrogen functional groups attached to an aromatic ring is 1. The number of fused-ring (bicyclic) bond motifs is 1. The number of likely N-dealkylation sites (N-methyl/N-ethyl adjacent to an activating group) is 2. The highest BCUT2D eigenvalue weighted by molar-refractivity contribution is 6.29. The highest BCUT2D eigenvalue weighted by atomic mass is 35.5. The van der Waals surface area contributed by atoms with E-state index in [4.69, 9.17) is 17.3 Å². The summed E-state index contributed by atoms with van der Waals surface area (Å²) in [4.78, 5) is 35.1. The lowest BCUT2D eigenvalue weighted by molar-refractivity contribution is -0.676. The molecule has 0 unspecified atom stereocenters. The third kappa shape index (κ3) is 6.26. The number of rotatable bonds is 9. The van der Waals surface area contributed by atoms with Crippen LogP contribution in [-0.2, 0) is 19.6 Å². The molecule has 0 spiro atoms. The molecule has 0 aliphatic rings. The van der Waals surface area contributed by atoms with E-state index in [1.165, 1.54) is 6.20 Å². The van der Waals surface area contributed by atoms with Gasteiger partial charge in [0.15, 0.2) is 22.5 Å². The van der Waals surface area contributed by atoms with Gasteiger partial charge in [-0.2, -0.15) is 0 Å². The molecule has 0 bridgehead atoms. The average molecular weight is 504 g/mol. The number of carbonyl (C=O) groups excluding carboxylic acids is 2. The quantitative estimate of drug-likeness (QED) is 0.385. The number of anilines is 1. The molecule has 0 aliphatic carbocycles. The maximum Gasteiger partial charge on any atom is 0.277 e. The van der Waals surface area contributed by atoms with Gasteiger partial charge in [0.2, 0.25) is 0 Å². The number of aryl methyl sites for hydroxylation is 2. The number of imidazole rings is 1. The van der Waals surface area contributed by atoms with Gasteiger partial charge in [-0.15, -0.1) is 0 Å². The fourth-order valence-electron chi connectivity index (χ4n) is 3.81. The van der Waals surface area contributed by atoms with E-state index < -0.39 is 5.91 Å². The lowest BCUT2D eigenvalue weighted by Gasteiger charge is -2.16. The first-order chi connectivity index (χ1) is 16.8. The van der Waals surface area contributed by atoms with Gasteiger partial charge in [-0.05, 0) is 33.0 Å². The number of nitrogens with one attached hydrogen (secondary N) is 2. The molecule has 0 atom stereocenters. The first kappa shape index (κ1) is 28.0. The summed E-state index contributed by atoms with van der Waals surface area (Å²) in [7, 11) is 3.65. The maximum atomic E-state index is 12.9. The second-order valence-corrected chi connectivity index (χ2v) is 7.93. The summed E-state index contributed by atoms with van der Waals surface area (Å²) in [6.45, 7) is 11.0. The molecule has 0 aliphatic heterocycles. The van der Waals surface area contributed by atoms with Crippen molar-refractivity contribution in [2.24, 2.45) is 0 Å². The molecule has 2 aromatic heterocycles. The number of carbonyl (C=O) groups is 2. The predicted octanol–water partition coefficient (Wildman–Crippen LogP) is 2.24. The van der Waals surface area contributed by atoms with Crippen LogP contribution in [0.1, 0.15) is 54.4 Å². The monoisotopic (exact) mass is 503 g/mol. The number of halogens is 1. The van der Waals surface area contributed by atoms with Gasteiger partial charge in [0, 0.05) is 31.8 Å². The van der Waals surface area contributed by atoms with E-state index in [1.54, 1.807) is 11.9 Å². The van der Waals surface area contributed by atoms with Crippen LogP contribution in [0.25, 0.3) is 11.0 Å². The molecular formula is C24H36ClN8O2+. The second-order valence-electron chi connectivity index (χ2n) is 7.55. The molecular weight excluding hydrogens is 468 g/mol. The molecule has 0 fully saturated rings. The Morgan fingerprint density at radius 2 is 1.97 bits per heavy atom. The lowest BCUT2D eigenvalue weighted by atomic mass is 10.1. The van der Waals surface area contributed by atoms with Gasteiger partial charge in [-0.3, -0.25) is 9.59 Å². The number of hydrogen-bond acceptors (Lipinski definition) is 6. The minimum absolute atomic E-state index is 0.0119. The number of aromatic nitrogens is 4. The number of benzene rings is 1. The number of amides is 2. The fraction of sp³-hybridized carbons (Fsp3) is 0.458. The third-order valence-corrected chi connectivity index (χ3v) is 5.68. The van der Waals surface area contributed by atoms with E-state index >= 15 is 0 Å². The largest absolute Gasteiger partial charge is 0.382 e. The Morgan fingerprint density at radius 3 is 2.60 bits per heavy atom. The Kier molecular flexibility index (Phi) is 10.4. The van der Waals surface area contributed by atoms with Crippen molar-refractivity contribution in [3.8, 4) is 0 Å². The molecule has 35 heavy (non-hydrogen) atoms. The Bertz CT molecular complexity index is 1180. The zero-order valence-electron chi connectivity index (χ0n) is 21.4. The van der Waals surface area contributed by atoms with Crippen LogP contribution in [0.15, 0.2) is 24.4 Å². The van der Waals surface area contributed by atoms with Gasteiger partial charge in [0.25, 0.3) is 17.6 Å². The van der Waals surface area contributed by atoms with Crippen molar-refractivity contribution < 1.29 is 14.2 Å². The van der Waals surface area contributed by atoms with Gasteiger partial charge in [-0.1, -0.05) is 25.4 Å². The summed E-state index contributed by atoms with van der Waals surface area (Å²) < 4.78 is 4.21. The van der Waals surface area contributed by atoms with Crippen LogP contribution < -0.4 is 20.9 Å². The standard InChI is InChI=1S/C22H29ClN8O2.C2H6/c1-5-30-15-8-7-14(22(33)29(4)10-9-25-3)11-16(15)31(6-2)18(30)13-27-21(32)19-20(24)26-12-17(23)28-19;1-2/h7-8,11-12,25H,5-6,9-10,13H2,1-4H3,(H2-,24,26,27,32);1-2H3/p+1. The van der Waals surface area contributed by atoms with Gasteiger partial charge in [-0.25, -0.2) is 19.1 Å². The van der Waals surface area contributed by atoms with Crippen LogP contribution in [0.3, 0.4) is 0 Å². The summed E-state index contributed by atoms with van der Waals surface area (Å²) in [5, 5.41) is 6.02. The molecule has 0 saturated carbocycles. The molecule has 1 aromatic carbocycles. The number of hydrogen-bond donors (Lipinski definition) is 3. The summed E-state index contributed by atoms with van der Waals surface area (Å²) in [5.74, 6) is 0.413. The summed E-state index contributed by atoms with van der Waals surface area (Å²) in [6, 6.07) is 5.71. The Balaban J connectivity index is 0.00000210. The molecule has 0 radical (unpaired) electrons. The summed E-state index contributed by atoms with van der Waals surface area (Å²) >= 11 is 5.87. The van der Waals surface area contributed by atoms with Crippen molar-refractivity contribution in [2.75, 3.05) is 32.9 Å². The summed E-state index contributed by atoms with van der Waals surface area (Å²) in [6.07, 6.45) is 1.29. The fourth-order valence-corrected chi connectivity index (χ4v) is 3.94. The van der Waals surface area contributed by atoms with Gasteiger partial charge in [0.05, 0.1) is 19.3 Å². The SMILES string of the molecule is CC.CCn1c(CNC(=O)c2nc(Cl)cnc2N)[n+](CC)c2ccc(C(=O)N(C)CCNC)cc21. The van der Waals surface area contributed by atoms with Crippen LogP contribution >= 0.6 is 11.6 Å².